The molecular formula is C12H13BrN4O2. The number of hydrogen-bond acceptors (Lipinski definition) is 6. The molecule has 0 bridgehead atoms. The van der Waals surface area contributed by atoms with Gasteiger partial charge in [0.25, 0.3) is 5.89 Å². The molecule has 0 aliphatic heterocycles. The third kappa shape index (κ3) is 3.66. The van der Waals surface area contributed by atoms with Crippen LogP contribution >= 0.6 is 15.9 Å². The Hall–Kier alpha value is -1.65. The molecule has 0 saturated heterocycles. The quantitative estimate of drug-likeness (QED) is 0.841. The second kappa shape index (κ2) is 5.99. The van der Waals surface area contributed by atoms with Gasteiger partial charge in [0.2, 0.25) is 5.89 Å². The molecule has 0 aliphatic rings. The highest BCUT2D eigenvalue weighted by atomic mass is 79.9. The third-order valence-corrected chi connectivity index (χ3v) is 2.89. The highest BCUT2D eigenvalue weighted by Gasteiger charge is 2.14. The minimum atomic E-state index is -0.0339. The van der Waals surface area contributed by atoms with E-state index in [-0.39, 0.29) is 5.92 Å². The van der Waals surface area contributed by atoms with Crippen LogP contribution in [0.5, 0.6) is 0 Å². The summed E-state index contributed by atoms with van der Waals surface area (Å²) in [5, 5.41) is 16.6. The summed E-state index contributed by atoms with van der Waals surface area (Å²) in [5.74, 6) is 1.34. The third-order valence-electron chi connectivity index (χ3n) is 2.46. The molecule has 6 nitrogen and oxygen atoms in total. The van der Waals surface area contributed by atoms with Gasteiger partial charge in [-0.05, 0) is 42.0 Å². The largest absolute Gasteiger partial charge is 0.444 e. The smallest absolute Gasteiger partial charge is 0.283 e. The molecule has 0 radical (unpaired) electrons. The average Bonchev–Trinajstić information content (AvgIpc) is 2.97. The standard InChI is InChI=1S/C12H13BrN4O2/c1-8(5-14)6-17(2)7-11-15-16-12(19-11)9-3-4-10(13)18-9/h3-4,8H,6-7H2,1-2H3/t8-/m1/s1. The number of halogens is 1. The molecule has 2 aromatic rings. The van der Waals surface area contributed by atoms with E-state index in [0.29, 0.717) is 35.3 Å². The Morgan fingerprint density at radius 1 is 1.42 bits per heavy atom. The second-order valence-corrected chi connectivity index (χ2v) is 5.11. The average molecular weight is 325 g/mol. The van der Waals surface area contributed by atoms with Gasteiger partial charge in [-0.15, -0.1) is 10.2 Å². The monoisotopic (exact) mass is 324 g/mol. The van der Waals surface area contributed by atoms with Gasteiger partial charge in [0.1, 0.15) is 0 Å². The zero-order chi connectivity index (χ0) is 13.8. The highest BCUT2D eigenvalue weighted by Crippen LogP contribution is 2.23. The fourth-order valence-corrected chi connectivity index (χ4v) is 1.96. The predicted octanol–water partition coefficient (Wildman–Crippen LogP) is 2.68. The van der Waals surface area contributed by atoms with Crippen LogP contribution in [0.2, 0.25) is 0 Å². The molecule has 0 aliphatic carbocycles. The Labute approximate surface area is 119 Å². The first-order valence-electron chi connectivity index (χ1n) is 5.74. The van der Waals surface area contributed by atoms with Gasteiger partial charge in [0.15, 0.2) is 10.4 Å². The molecule has 0 N–H and O–H groups in total. The Morgan fingerprint density at radius 3 is 2.84 bits per heavy atom. The van der Waals surface area contributed by atoms with E-state index < -0.39 is 0 Å². The molecule has 2 aromatic heterocycles. The van der Waals surface area contributed by atoms with Crippen molar-refractivity contribution in [2.45, 2.75) is 13.5 Å². The van der Waals surface area contributed by atoms with E-state index in [0.717, 1.165) is 0 Å². The molecule has 0 fully saturated rings. The van der Waals surface area contributed by atoms with Gasteiger partial charge in [0.05, 0.1) is 18.5 Å². The van der Waals surface area contributed by atoms with Crippen LogP contribution in [-0.4, -0.2) is 28.7 Å². The SMILES string of the molecule is C[C@H](C#N)CN(C)Cc1nnc(-c2ccc(Br)o2)o1. The first kappa shape index (κ1) is 13.8. The summed E-state index contributed by atoms with van der Waals surface area (Å²) in [6, 6.07) is 5.70. The number of nitriles is 1. The van der Waals surface area contributed by atoms with E-state index in [1.54, 1.807) is 12.1 Å². The summed E-state index contributed by atoms with van der Waals surface area (Å²) in [6.45, 7) is 3.03. The van der Waals surface area contributed by atoms with Crippen molar-refractivity contribution in [1.82, 2.24) is 15.1 Å². The van der Waals surface area contributed by atoms with Crippen molar-refractivity contribution in [3.05, 3.63) is 22.7 Å². The van der Waals surface area contributed by atoms with Gasteiger partial charge in [0, 0.05) is 6.54 Å². The summed E-state index contributed by atoms with van der Waals surface area (Å²) in [5.41, 5.74) is 0. The Balaban J connectivity index is 2.00. The molecule has 0 spiro atoms. The van der Waals surface area contributed by atoms with E-state index in [9.17, 15) is 0 Å². The summed E-state index contributed by atoms with van der Waals surface area (Å²) >= 11 is 3.22. The molecule has 100 valence electrons. The summed E-state index contributed by atoms with van der Waals surface area (Å²) in [7, 11) is 1.90. The zero-order valence-electron chi connectivity index (χ0n) is 10.6. The van der Waals surface area contributed by atoms with Crippen molar-refractivity contribution in [2.75, 3.05) is 13.6 Å². The van der Waals surface area contributed by atoms with Crippen molar-refractivity contribution in [2.24, 2.45) is 5.92 Å². The first-order chi connectivity index (χ1) is 9.08. The van der Waals surface area contributed by atoms with Crippen molar-refractivity contribution < 1.29 is 8.83 Å². The minimum Gasteiger partial charge on any atom is -0.444 e. The van der Waals surface area contributed by atoms with Gasteiger partial charge >= 0.3 is 0 Å². The van der Waals surface area contributed by atoms with E-state index in [2.05, 4.69) is 32.2 Å². The molecular weight excluding hydrogens is 312 g/mol. The van der Waals surface area contributed by atoms with Crippen LogP contribution in [0.15, 0.2) is 25.6 Å². The fraction of sp³-hybridized carbons (Fsp3) is 0.417. The molecule has 0 aromatic carbocycles. The van der Waals surface area contributed by atoms with E-state index in [1.165, 1.54) is 0 Å². The number of nitrogens with zero attached hydrogens (tertiary/aromatic N) is 4. The maximum absolute atomic E-state index is 8.76. The highest BCUT2D eigenvalue weighted by molar-refractivity contribution is 9.10. The molecule has 2 heterocycles. The maximum Gasteiger partial charge on any atom is 0.283 e. The van der Waals surface area contributed by atoms with Gasteiger partial charge in [-0.2, -0.15) is 5.26 Å². The maximum atomic E-state index is 8.76. The van der Waals surface area contributed by atoms with E-state index in [4.69, 9.17) is 14.1 Å². The predicted molar refractivity (Wildman–Crippen MR) is 70.8 cm³/mol. The summed E-state index contributed by atoms with van der Waals surface area (Å²) in [6.07, 6.45) is 0. The Morgan fingerprint density at radius 2 is 2.21 bits per heavy atom. The van der Waals surface area contributed by atoms with Gasteiger partial charge in [-0.1, -0.05) is 0 Å². The number of furan rings is 1. The summed E-state index contributed by atoms with van der Waals surface area (Å²) in [4.78, 5) is 1.96. The lowest BCUT2D eigenvalue weighted by molar-refractivity contribution is 0.271. The van der Waals surface area contributed by atoms with Crippen LogP contribution in [0.25, 0.3) is 11.7 Å². The van der Waals surface area contributed by atoms with Crippen LogP contribution in [0.4, 0.5) is 0 Å². The normalized spacial score (nSPS) is 12.6. The van der Waals surface area contributed by atoms with Crippen LogP contribution in [0.1, 0.15) is 12.8 Å². The van der Waals surface area contributed by atoms with Crippen molar-refractivity contribution in [3.8, 4) is 17.7 Å². The van der Waals surface area contributed by atoms with E-state index in [1.807, 2.05) is 18.9 Å². The molecule has 0 amide bonds. The van der Waals surface area contributed by atoms with Crippen molar-refractivity contribution >= 4 is 15.9 Å². The van der Waals surface area contributed by atoms with Crippen molar-refractivity contribution in [1.29, 1.82) is 5.26 Å². The van der Waals surface area contributed by atoms with Gasteiger partial charge in [-0.25, -0.2) is 0 Å². The second-order valence-electron chi connectivity index (χ2n) is 4.33. The molecule has 0 unspecified atom stereocenters. The topological polar surface area (TPSA) is 79.1 Å². The number of rotatable bonds is 5. The van der Waals surface area contributed by atoms with Crippen LogP contribution in [-0.2, 0) is 6.54 Å². The summed E-state index contributed by atoms with van der Waals surface area (Å²) < 4.78 is 11.5. The zero-order valence-corrected chi connectivity index (χ0v) is 12.2. The van der Waals surface area contributed by atoms with Crippen LogP contribution < -0.4 is 0 Å². The van der Waals surface area contributed by atoms with E-state index >= 15 is 0 Å². The Bertz CT molecular complexity index is 587. The molecule has 2 rings (SSSR count). The lowest BCUT2D eigenvalue weighted by atomic mass is 10.2. The van der Waals surface area contributed by atoms with Crippen LogP contribution in [0.3, 0.4) is 0 Å². The minimum absolute atomic E-state index is 0.0339. The number of aromatic nitrogens is 2. The molecule has 7 heteroatoms. The lowest BCUT2D eigenvalue weighted by Crippen LogP contribution is -2.23. The molecule has 19 heavy (non-hydrogen) atoms. The lowest BCUT2D eigenvalue weighted by Gasteiger charge is -2.14. The first-order valence-corrected chi connectivity index (χ1v) is 6.54. The van der Waals surface area contributed by atoms with Gasteiger partial charge < -0.3 is 8.83 Å². The van der Waals surface area contributed by atoms with Crippen molar-refractivity contribution in [3.63, 3.8) is 0 Å². The Kier molecular flexibility index (Phi) is 4.35. The van der Waals surface area contributed by atoms with Crippen LogP contribution in [0, 0.1) is 17.2 Å². The molecule has 1 atom stereocenters. The van der Waals surface area contributed by atoms with Gasteiger partial charge in [-0.3, -0.25) is 4.90 Å². The molecule has 0 saturated carbocycles. The fourth-order valence-electron chi connectivity index (χ4n) is 1.65. The number of hydrogen-bond donors (Lipinski definition) is 0.